The number of hydrogen-bond donors (Lipinski definition) is 2. The summed E-state index contributed by atoms with van der Waals surface area (Å²) >= 11 is 2.84. The highest BCUT2D eigenvalue weighted by Gasteiger charge is 2.11. The molecule has 3 aromatic rings. The van der Waals surface area contributed by atoms with Crippen LogP contribution in [0.5, 0.6) is 0 Å². The minimum absolute atomic E-state index is 0.0415. The van der Waals surface area contributed by atoms with Gasteiger partial charge in [0.25, 0.3) is 0 Å². The van der Waals surface area contributed by atoms with Gasteiger partial charge in [-0.25, -0.2) is 0 Å². The van der Waals surface area contributed by atoms with Crippen LogP contribution in [-0.2, 0) is 11.2 Å². The van der Waals surface area contributed by atoms with Gasteiger partial charge in [0.05, 0.1) is 5.75 Å². The first-order valence-corrected chi connectivity index (χ1v) is 10.5. The zero-order valence-electron chi connectivity index (χ0n) is 15.6. The Morgan fingerprint density at radius 2 is 1.85 bits per heavy atom. The van der Waals surface area contributed by atoms with Gasteiger partial charge in [-0.3, -0.25) is 4.79 Å². The maximum atomic E-state index is 12.2. The van der Waals surface area contributed by atoms with E-state index in [4.69, 9.17) is 0 Å². The lowest BCUT2D eigenvalue weighted by molar-refractivity contribution is -0.113. The van der Waals surface area contributed by atoms with E-state index in [2.05, 4.69) is 47.7 Å². The molecule has 0 fully saturated rings. The van der Waals surface area contributed by atoms with Crippen LogP contribution in [0.1, 0.15) is 23.6 Å². The largest absolute Gasteiger partial charge is 0.330 e. The second kappa shape index (κ2) is 9.01. The summed E-state index contributed by atoms with van der Waals surface area (Å²) in [5, 5.41) is 15.3. The van der Waals surface area contributed by atoms with E-state index in [0.717, 1.165) is 32.8 Å². The summed E-state index contributed by atoms with van der Waals surface area (Å²) in [6.07, 6.45) is 0.882. The van der Waals surface area contributed by atoms with Crippen molar-refractivity contribution in [3.63, 3.8) is 0 Å². The summed E-state index contributed by atoms with van der Waals surface area (Å²) in [5.74, 6) is 0.260. The molecule has 1 heterocycles. The Kier molecular flexibility index (Phi) is 6.47. The van der Waals surface area contributed by atoms with Gasteiger partial charge in [0.1, 0.15) is 0 Å². The Morgan fingerprint density at radius 3 is 2.67 bits per heavy atom. The molecule has 0 radical (unpaired) electrons. The molecule has 3 rings (SSSR count). The highest BCUT2D eigenvalue weighted by molar-refractivity contribution is 8.01. The summed E-state index contributed by atoms with van der Waals surface area (Å²) in [4.78, 5) is 12.2. The SMILES string of the molecule is CCc1ccccc1NC(=O)CSc1nnc(Nc2cccc(C)c2C)s1. The van der Waals surface area contributed by atoms with Crippen molar-refractivity contribution in [2.45, 2.75) is 31.5 Å². The van der Waals surface area contributed by atoms with Crippen LogP contribution >= 0.6 is 23.1 Å². The number of benzene rings is 2. The summed E-state index contributed by atoms with van der Waals surface area (Å²) in [5.41, 5.74) is 5.45. The first kappa shape index (κ1) is 19.4. The van der Waals surface area contributed by atoms with Gasteiger partial charge in [-0.2, -0.15) is 0 Å². The van der Waals surface area contributed by atoms with Gasteiger partial charge in [-0.1, -0.05) is 60.4 Å². The number of aryl methyl sites for hydroxylation is 2. The molecule has 0 atom stereocenters. The lowest BCUT2D eigenvalue weighted by atomic mass is 10.1. The van der Waals surface area contributed by atoms with Crippen LogP contribution in [-0.4, -0.2) is 21.9 Å². The Hall–Kier alpha value is -2.38. The second-order valence-corrected chi connectivity index (χ2v) is 8.29. The number of thioether (sulfide) groups is 1. The summed E-state index contributed by atoms with van der Waals surface area (Å²) in [6, 6.07) is 14.0. The van der Waals surface area contributed by atoms with Crippen molar-refractivity contribution >= 4 is 45.5 Å². The van der Waals surface area contributed by atoms with Gasteiger partial charge < -0.3 is 10.6 Å². The molecule has 0 aliphatic carbocycles. The molecule has 5 nitrogen and oxygen atoms in total. The number of hydrogen-bond acceptors (Lipinski definition) is 6. The molecule has 2 N–H and O–H groups in total. The fourth-order valence-corrected chi connectivity index (χ4v) is 4.15. The molecule has 0 bridgehead atoms. The normalized spacial score (nSPS) is 10.6. The van der Waals surface area contributed by atoms with Crippen LogP contribution in [0.15, 0.2) is 46.8 Å². The minimum Gasteiger partial charge on any atom is -0.330 e. The van der Waals surface area contributed by atoms with E-state index in [9.17, 15) is 4.79 Å². The molecule has 2 aromatic carbocycles. The quantitative estimate of drug-likeness (QED) is 0.536. The van der Waals surface area contributed by atoms with Crippen LogP contribution in [0.2, 0.25) is 0 Å². The molecule has 0 saturated heterocycles. The van der Waals surface area contributed by atoms with Gasteiger partial charge in [-0.15, -0.1) is 10.2 Å². The van der Waals surface area contributed by atoms with E-state index in [1.54, 1.807) is 0 Å². The number of carbonyl (C=O) groups excluding carboxylic acids is 1. The van der Waals surface area contributed by atoms with Crippen LogP contribution in [0.25, 0.3) is 0 Å². The average Bonchev–Trinajstić information content (AvgIpc) is 3.12. The molecule has 0 aliphatic rings. The summed E-state index contributed by atoms with van der Waals surface area (Å²) in [6.45, 7) is 6.23. The lowest BCUT2D eigenvalue weighted by Crippen LogP contribution is -2.15. The number of nitrogens with one attached hydrogen (secondary N) is 2. The average molecular weight is 399 g/mol. The zero-order valence-corrected chi connectivity index (χ0v) is 17.2. The summed E-state index contributed by atoms with van der Waals surface area (Å²) in [7, 11) is 0. The monoisotopic (exact) mass is 398 g/mol. The van der Waals surface area contributed by atoms with Gasteiger partial charge in [0.15, 0.2) is 4.34 Å². The highest BCUT2D eigenvalue weighted by atomic mass is 32.2. The Balaban J connectivity index is 1.56. The Bertz CT molecular complexity index is 939. The second-order valence-electron chi connectivity index (χ2n) is 6.09. The number of amides is 1. The maximum Gasteiger partial charge on any atom is 0.234 e. The molecule has 1 aromatic heterocycles. The Morgan fingerprint density at radius 1 is 1.07 bits per heavy atom. The number of anilines is 3. The Labute approximate surface area is 167 Å². The van der Waals surface area contributed by atoms with Gasteiger partial charge in [0, 0.05) is 11.4 Å². The van der Waals surface area contributed by atoms with Gasteiger partial charge >= 0.3 is 0 Å². The smallest absolute Gasteiger partial charge is 0.234 e. The van der Waals surface area contributed by atoms with Crippen molar-refractivity contribution < 1.29 is 4.79 Å². The number of aromatic nitrogens is 2. The molecule has 140 valence electrons. The first-order chi connectivity index (χ1) is 13.1. The molecule has 0 aliphatic heterocycles. The predicted molar refractivity (Wildman–Crippen MR) is 114 cm³/mol. The van der Waals surface area contributed by atoms with E-state index < -0.39 is 0 Å². The molecular weight excluding hydrogens is 376 g/mol. The third-order valence-corrected chi connectivity index (χ3v) is 6.22. The van der Waals surface area contributed by atoms with Crippen molar-refractivity contribution in [3.05, 3.63) is 59.2 Å². The fraction of sp³-hybridized carbons (Fsp3) is 0.250. The van der Waals surface area contributed by atoms with Crippen molar-refractivity contribution in [3.8, 4) is 0 Å². The minimum atomic E-state index is -0.0415. The predicted octanol–water partition coefficient (Wildman–Crippen LogP) is 5.19. The third kappa shape index (κ3) is 5.08. The zero-order chi connectivity index (χ0) is 19.2. The molecule has 0 saturated carbocycles. The standard InChI is InChI=1S/C20H22N4OS2/c1-4-15-9-5-6-10-17(15)21-18(25)12-26-20-24-23-19(27-20)22-16-11-7-8-13(2)14(16)3/h5-11H,4,12H2,1-3H3,(H,21,25)(H,22,23). The molecule has 0 unspecified atom stereocenters. The van der Waals surface area contributed by atoms with Gasteiger partial charge in [-0.05, 0) is 49.1 Å². The first-order valence-electron chi connectivity index (χ1n) is 8.74. The van der Waals surface area contributed by atoms with E-state index in [-0.39, 0.29) is 5.91 Å². The van der Waals surface area contributed by atoms with Crippen LogP contribution in [0.4, 0.5) is 16.5 Å². The number of para-hydroxylation sites is 1. The third-order valence-electron chi connectivity index (χ3n) is 4.25. The van der Waals surface area contributed by atoms with Crippen molar-refractivity contribution in [1.82, 2.24) is 10.2 Å². The molecular formula is C20H22N4OS2. The van der Waals surface area contributed by atoms with Crippen LogP contribution in [0.3, 0.4) is 0 Å². The van der Waals surface area contributed by atoms with Crippen LogP contribution in [0, 0.1) is 13.8 Å². The number of rotatable bonds is 7. The van der Waals surface area contributed by atoms with E-state index in [1.165, 1.54) is 34.2 Å². The number of carbonyl (C=O) groups is 1. The fourth-order valence-electron chi connectivity index (χ4n) is 2.58. The maximum absolute atomic E-state index is 12.2. The molecule has 0 spiro atoms. The number of nitrogens with zero attached hydrogens (tertiary/aromatic N) is 2. The van der Waals surface area contributed by atoms with Gasteiger partial charge in [0.2, 0.25) is 11.0 Å². The van der Waals surface area contributed by atoms with E-state index >= 15 is 0 Å². The van der Waals surface area contributed by atoms with Crippen LogP contribution < -0.4 is 10.6 Å². The topological polar surface area (TPSA) is 66.9 Å². The van der Waals surface area contributed by atoms with Crippen molar-refractivity contribution in [2.24, 2.45) is 0 Å². The highest BCUT2D eigenvalue weighted by Crippen LogP contribution is 2.29. The molecule has 27 heavy (non-hydrogen) atoms. The van der Waals surface area contributed by atoms with Crippen molar-refractivity contribution in [2.75, 3.05) is 16.4 Å². The lowest BCUT2D eigenvalue weighted by Gasteiger charge is -2.09. The van der Waals surface area contributed by atoms with E-state index in [1.807, 2.05) is 36.4 Å². The molecule has 1 amide bonds. The van der Waals surface area contributed by atoms with Crippen molar-refractivity contribution in [1.29, 1.82) is 0 Å². The molecule has 7 heteroatoms. The summed E-state index contributed by atoms with van der Waals surface area (Å²) < 4.78 is 0.765. The van der Waals surface area contributed by atoms with E-state index in [0.29, 0.717) is 5.75 Å².